The smallest absolute Gasteiger partial charge is 0.00935 e. The van der Waals surface area contributed by atoms with E-state index in [4.69, 9.17) is 0 Å². The van der Waals surface area contributed by atoms with Crippen LogP contribution < -0.4 is 0 Å². The number of hydrogen-bond donors (Lipinski definition) is 0. The molecule has 0 spiro atoms. The summed E-state index contributed by atoms with van der Waals surface area (Å²) in [5, 5.41) is 0. The second-order valence-electron chi connectivity index (χ2n) is 3.80. The fourth-order valence-corrected chi connectivity index (χ4v) is 2.38. The van der Waals surface area contributed by atoms with Crippen LogP contribution in [0.3, 0.4) is 0 Å². The van der Waals surface area contributed by atoms with E-state index in [1.54, 1.807) is 0 Å². The van der Waals surface area contributed by atoms with Crippen LogP contribution in [0.1, 0.15) is 52.4 Å². The summed E-state index contributed by atoms with van der Waals surface area (Å²) in [4.78, 5) is 0. The zero-order valence-electron chi connectivity index (χ0n) is 7.95. The highest BCUT2D eigenvalue weighted by Gasteiger charge is 2.33. The average Bonchev–Trinajstić information content (AvgIpc) is 2.52. The van der Waals surface area contributed by atoms with E-state index in [2.05, 4.69) is 20.4 Å². The van der Waals surface area contributed by atoms with E-state index in [1.165, 1.54) is 44.1 Å². The molecule has 1 aliphatic carbocycles. The summed E-state index contributed by atoms with van der Waals surface area (Å²) in [6.07, 6.45) is 8.12. The summed E-state index contributed by atoms with van der Waals surface area (Å²) < 4.78 is 0. The van der Waals surface area contributed by atoms with Crippen molar-refractivity contribution in [1.82, 2.24) is 0 Å². The van der Waals surface area contributed by atoms with Gasteiger partial charge in [0.1, 0.15) is 0 Å². The molecule has 0 aromatic heterocycles. The van der Waals surface area contributed by atoms with Crippen LogP contribution in [0.4, 0.5) is 0 Å². The molecule has 0 aromatic rings. The first-order valence-corrected chi connectivity index (χ1v) is 4.93. The van der Waals surface area contributed by atoms with Crippen LogP contribution in [0.5, 0.6) is 0 Å². The molecule has 0 radical (unpaired) electrons. The van der Waals surface area contributed by atoms with Crippen molar-refractivity contribution >= 4 is 0 Å². The van der Waals surface area contributed by atoms with Gasteiger partial charge in [-0.3, -0.25) is 0 Å². The first-order valence-electron chi connectivity index (χ1n) is 4.93. The molecule has 11 heavy (non-hydrogen) atoms. The highest BCUT2D eigenvalue weighted by Crippen LogP contribution is 2.46. The van der Waals surface area contributed by atoms with Crippen molar-refractivity contribution in [2.75, 3.05) is 0 Å². The Kier molecular flexibility index (Phi) is 2.75. The van der Waals surface area contributed by atoms with Gasteiger partial charge < -0.3 is 0 Å². The van der Waals surface area contributed by atoms with E-state index in [-0.39, 0.29) is 0 Å². The van der Waals surface area contributed by atoms with Gasteiger partial charge in [-0.2, -0.15) is 0 Å². The fourth-order valence-electron chi connectivity index (χ4n) is 2.38. The van der Waals surface area contributed by atoms with Crippen molar-refractivity contribution < 1.29 is 0 Å². The van der Waals surface area contributed by atoms with Gasteiger partial charge in [0.25, 0.3) is 0 Å². The van der Waals surface area contributed by atoms with Crippen molar-refractivity contribution in [3.8, 4) is 0 Å². The van der Waals surface area contributed by atoms with Gasteiger partial charge in [0.15, 0.2) is 0 Å². The van der Waals surface area contributed by atoms with E-state index in [0.717, 1.165) is 0 Å². The fraction of sp³-hybridized carbons (Fsp3) is 0.818. The molecule has 0 bridgehead atoms. The maximum atomic E-state index is 4.20. The molecule has 1 fully saturated rings. The maximum Gasteiger partial charge on any atom is -0.00935 e. The zero-order chi connectivity index (χ0) is 8.32. The highest BCUT2D eigenvalue weighted by molar-refractivity contribution is 5.11. The molecule has 1 saturated carbocycles. The van der Waals surface area contributed by atoms with Crippen LogP contribution in [-0.2, 0) is 0 Å². The zero-order valence-corrected chi connectivity index (χ0v) is 7.95. The molecular weight excluding hydrogens is 132 g/mol. The molecule has 1 rings (SSSR count). The van der Waals surface area contributed by atoms with Crippen LogP contribution in [0.25, 0.3) is 0 Å². The lowest BCUT2D eigenvalue weighted by Gasteiger charge is -2.29. The van der Waals surface area contributed by atoms with Crippen LogP contribution in [0, 0.1) is 5.41 Å². The molecule has 0 heteroatoms. The first kappa shape index (κ1) is 8.83. The Morgan fingerprint density at radius 1 is 1.27 bits per heavy atom. The Hall–Kier alpha value is -0.260. The Labute approximate surface area is 70.7 Å². The van der Waals surface area contributed by atoms with Gasteiger partial charge in [-0.25, -0.2) is 0 Å². The summed E-state index contributed by atoms with van der Waals surface area (Å²) in [6, 6.07) is 0. The van der Waals surface area contributed by atoms with Gasteiger partial charge >= 0.3 is 0 Å². The minimum absolute atomic E-state index is 0.550. The summed E-state index contributed by atoms with van der Waals surface area (Å²) in [5.41, 5.74) is 2.05. The molecule has 0 aliphatic heterocycles. The van der Waals surface area contributed by atoms with Crippen LogP contribution in [0.2, 0.25) is 0 Å². The maximum absolute atomic E-state index is 4.20. The standard InChI is InChI=1S/C11H20/c1-4-10(3)11(5-2)8-6-7-9-11/h3-9H2,1-2H3. The molecule has 0 amide bonds. The quantitative estimate of drug-likeness (QED) is 0.538. The van der Waals surface area contributed by atoms with E-state index in [1.807, 2.05) is 0 Å². The molecule has 0 unspecified atom stereocenters. The number of hydrogen-bond acceptors (Lipinski definition) is 0. The largest absolute Gasteiger partial charge is 0.0993 e. The lowest BCUT2D eigenvalue weighted by molar-refractivity contribution is 0.346. The van der Waals surface area contributed by atoms with Gasteiger partial charge in [0, 0.05) is 0 Å². The third kappa shape index (κ3) is 1.50. The SMILES string of the molecule is C=C(CC)C1(CC)CCCC1. The van der Waals surface area contributed by atoms with Crippen molar-refractivity contribution in [2.24, 2.45) is 5.41 Å². The molecular formula is C11H20. The van der Waals surface area contributed by atoms with Gasteiger partial charge in [-0.05, 0) is 31.1 Å². The second kappa shape index (κ2) is 3.42. The van der Waals surface area contributed by atoms with Crippen molar-refractivity contribution in [2.45, 2.75) is 52.4 Å². The van der Waals surface area contributed by atoms with Crippen molar-refractivity contribution in [3.05, 3.63) is 12.2 Å². The van der Waals surface area contributed by atoms with Crippen LogP contribution in [-0.4, -0.2) is 0 Å². The molecule has 64 valence electrons. The minimum Gasteiger partial charge on any atom is -0.0993 e. The monoisotopic (exact) mass is 152 g/mol. The van der Waals surface area contributed by atoms with Gasteiger partial charge in [0.05, 0.1) is 0 Å². The summed E-state index contributed by atoms with van der Waals surface area (Å²) >= 11 is 0. The molecule has 0 aromatic carbocycles. The van der Waals surface area contributed by atoms with Gasteiger partial charge in [-0.1, -0.05) is 38.8 Å². The molecule has 0 saturated heterocycles. The Morgan fingerprint density at radius 3 is 2.18 bits per heavy atom. The molecule has 1 aliphatic rings. The third-order valence-electron chi connectivity index (χ3n) is 3.41. The molecule has 0 N–H and O–H groups in total. The average molecular weight is 152 g/mol. The summed E-state index contributed by atoms with van der Waals surface area (Å²) in [6.45, 7) is 8.74. The lowest BCUT2D eigenvalue weighted by atomic mass is 9.76. The summed E-state index contributed by atoms with van der Waals surface area (Å²) in [7, 11) is 0. The molecule has 0 atom stereocenters. The Morgan fingerprint density at radius 2 is 1.82 bits per heavy atom. The predicted octanol–water partition coefficient (Wildman–Crippen LogP) is 3.92. The highest BCUT2D eigenvalue weighted by atomic mass is 14.4. The van der Waals surface area contributed by atoms with E-state index >= 15 is 0 Å². The number of rotatable bonds is 3. The lowest BCUT2D eigenvalue weighted by Crippen LogP contribution is -2.16. The van der Waals surface area contributed by atoms with E-state index in [0.29, 0.717) is 5.41 Å². The van der Waals surface area contributed by atoms with Crippen LogP contribution >= 0.6 is 0 Å². The van der Waals surface area contributed by atoms with Crippen LogP contribution in [0.15, 0.2) is 12.2 Å². The predicted molar refractivity (Wildman–Crippen MR) is 50.6 cm³/mol. The van der Waals surface area contributed by atoms with Gasteiger partial charge in [-0.15, -0.1) is 0 Å². The normalized spacial score (nSPS) is 22.0. The van der Waals surface area contributed by atoms with Crippen molar-refractivity contribution in [3.63, 3.8) is 0 Å². The van der Waals surface area contributed by atoms with Gasteiger partial charge in [0.2, 0.25) is 0 Å². The Balaban J connectivity index is 2.66. The van der Waals surface area contributed by atoms with E-state index < -0.39 is 0 Å². The molecule has 0 nitrogen and oxygen atoms in total. The molecule has 0 heterocycles. The summed E-state index contributed by atoms with van der Waals surface area (Å²) in [5.74, 6) is 0. The van der Waals surface area contributed by atoms with Crippen molar-refractivity contribution in [1.29, 1.82) is 0 Å². The first-order chi connectivity index (χ1) is 5.25. The number of allylic oxidation sites excluding steroid dienone is 1. The topological polar surface area (TPSA) is 0 Å². The minimum atomic E-state index is 0.550. The third-order valence-corrected chi connectivity index (χ3v) is 3.41. The second-order valence-corrected chi connectivity index (χ2v) is 3.80. The van der Waals surface area contributed by atoms with E-state index in [9.17, 15) is 0 Å². The Bertz CT molecular complexity index is 138.